The zero-order valence-electron chi connectivity index (χ0n) is 13.1. The number of aromatic nitrogens is 2. The molecule has 0 aliphatic rings. The molecule has 0 spiro atoms. The van der Waals surface area contributed by atoms with Gasteiger partial charge >= 0.3 is 5.97 Å². The number of hydrogen-bond donors (Lipinski definition) is 1. The summed E-state index contributed by atoms with van der Waals surface area (Å²) in [4.78, 5) is 32.8. The fourth-order valence-corrected chi connectivity index (χ4v) is 2.85. The van der Waals surface area contributed by atoms with E-state index in [1.165, 1.54) is 17.7 Å². The lowest BCUT2D eigenvalue weighted by Crippen LogP contribution is -2.32. The second-order valence-electron chi connectivity index (χ2n) is 5.09. The van der Waals surface area contributed by atoms with Crippen LogP contribution in [0.25, 0.3) is 11.1 Å². The summed E-state index contributed by atoms with van der Waals surface area (Å²) < 4.78 is 10.5. The summed E-state index contributed by atoms with van der Waals surface area (Å²) >= 11 is 1.32. The molecule has 0 fully saturated rings. The molecule has 124 valence electrons. The number of thiazole rings is 1. The van der Waals surface area contributed by atoms with Gasteiger partial charge in [0.2, 0.25) is 0 Å². The number of benzene rings is 1. The van der Waals surface area contributed by atoms with E-state index < -0.39 is 18.0 Å². The first-order valence-corrected chi connectivity index (χ1v) is 8.22. The third kappa shape index (κ3) is 3.28. The van der Waals surface area contributed by atoms with Crippen LogP contribution < -0.4 is 5.32 Å². The molecule has 7 nitrogen and oxygen atoms in total. The Bertz CT molecular complexity index is 886. The van der Waals surface area contributed by atoms with Gasteiger partial charge in [0.05, 0.1) is 11.3 Å². The fraction of sp³-hybridized carbons (Fsp3) is 0.250. The minimum atomic E-state index is -0.913. The molecule has 1 atom stereocenters. The lowest BCUT2D eigenvalue weighted by molar-refractivity contribution is -0.124. The van der Waals surface area contributed by atoms with Crippen LogP contribution in [-0.2, 0) is 9.53 Å². The monoisotopic (exact) mass is 345 g/mol. The average molecular weight is 345 g/mol. The third-order valence-corrected chi connectivity index (χ3v) is 4.22. The molecular formula is C16H15N3O4S. The number of fused-ring (bicyclic) bond motifs is 1. The number of nitrogens with one attached hydrogen (secondary N) is 1. The van der Waals surface area contributed by atoms with Crippen molar-refractivity contribution in [3.63, 3.8) is 0 Å². The number of rotatable bonds is 5. The molecule has 24 heavy (non-hydrogen) atoms. The van der Waals surface area contributed by atoms with E-state index in [1.807, 2.05) is 12.3 Å². The van der Waals surface area contributed by atoms with Crippen LogP contribution >= 0.6 is 11.3 Å². The zero-order chi connectivity index (χ0) is 17.1. The van der Waals surface area contributed by atoms with E-state index >= 15 is 0 Å². The Hall–Kier alpha value is -2.74. The van der Waals surface area contributed by atoms with Crippen LogP contribution in [0.1, 0.15) is 29.4 Å². The van der Waals surface area contributed by atoms with E-state index in [0.29, 0.717) is 22.7 Å². The summed E-state index contributed by atoms with van der Waals surface area (Å²) in [5, 5.41) is 4.96. The van der Waals surface area contributed by atoms with Gasteiger partial charge in [-0.3, -0.25) is 10.1 Å². The van der Waals surface area contributed by atoms with Crippen molar-refractivity contribution in [2.75, 3.05) is 5.32 Å². The molecule has 0 saturated carbocycles. The molecule has 8 heteroatoms. The highest BCUT2D eigenvalue weighted by Gasteiger charge is 2.24. The van der Waals surface area contributed by atoms with Gasteiger partial charge in [0.1, 0.15) is 5.52 Å². The first-order chi connectivity index (χ1) is 11.6. The molecule has 0 radical (unpaired) electrons. The molecule has 1 amide bonds. The number of carbonyl (C=O) groups excluding carboxylic acids is 2. The Kier molecular flexibility index (Phi) is 4.57. The Balaban J connectivity index is 1.73. The Morgan fingerprint density at radius 3 is 2.96 bits per heavy atom. The zero-order valence-corrected chi connectivity index (χ0v) is 13.9. The second-order valence-corrected chi connectivity index (χ2v) is 5.95. The summed E-state index contributed by atoms with van der Waals surface area (Å²) in [5.41, 5.74) is 1.98. The third-order valence-electron chi connectivity index (χ3n) is 3.34. The summed E-state index contributed by atoms with van der Waals surface area (Å²) in [5.74, 6) is -1.03. The average Bonchev–Trinajstić information content (AvgIpc) is 3.20. The van der Waals surface area contributed by atoms with Gasteiger partial charge in [-0.15, -0.1) is 11.3 Å². The van der Waals surface area contributed by atoms with E-state index in [4.69, 9.17) is 9.15 Å². The number of amides is 1. The van der Waals surface area contributed by atoms with Gasteiger partial charge in [0.25, 0.3) is 5.91 Å². The largest absolute Gasteiger partial charge is 0.449 e. The molecule has 1 unspecified atom stereocenters. The van der Waals surface area contributed by atoms with Crippen LogP contribution in [0, 0.1) is 6.92 Å². The summed E-state index contributed by atoms with van der Waals surface area (Å²) in [6.45, 7) is 3.60. The van der Waals surface area contributed by atoms with Gasteiger partial charge in [-0.05, 0) is 25.5 Å². The SMILES string of the molecule is CCC(OC(=O)c1cccc2ocnc12)C(=O)Nc1nc(C)cs1. The number of oxazole rings is 1. The number of esters is 1. The van der Waals surface area contributed by atoms with Crippen molar-refractivity contribution >= 4 is 39.4 Å². The van der Waals surface area contributed by atoms with Gasteiger partial charge in [-0.25, -0.2) is 14.8 Å². The molecule has 3 rings (SSSR count). The van der Waals surface area contributed by atoms with Gasteiger partial charge in [-0.1, -0.05) is 13.0 Å². The minimum Gasteiger partial charge on any atom is -0.449 e. The number of para-hydroxylation sites is 1. The number of nitrogens with zero attached hydrogens (tertiary/aromatic N) is 2. The van der Waals surface area contributed by atoms with Gasteiger partial charge in [0, 0.05) is 5.38 Å². The number of anilines is 1. The standard InChI is InChI=1S/C16H15N3O4S/c1-3-11(14(20)19-16-18-9(2)7-24-16)23-15(21)10-5-4-6-12-13(10)17-8-22-12/h4-8,11H,3H2,1-2H3,(H,18,19,20). The predicted molar refractivity (Wildman–Crippen MR) is 89.0 cm³/mol. The molecular weight excluding hydrogens is 330 g/mol. The quantitative estimate of drug-likeness (QED) is 0.714. The molecule has 0 bridgehead atoms. The minimum absolute atomic E-state index is 0.262. The van der Waals surface area contributed by atoms with Crippen LogP contribution in [0.15, 0.2) is 34.4 Å². The molecule has 1 aromatic carbocycles. The molecule has 0 saturated heterocycles. The fourth-order valence-electron chi connectivity index (χ4n) is 2.16. The van der Waals surface area contributed by atoms with Crippen LogP contribution in [0.2, 0.25) is 0 Å². The first-order valence-electron chi connectivity index (χ1n) is 7.34. The Labute approximate surface area is 141 Å². The van der Waals surface area contributed by atoms with Gasteiger partial charge < -0.3 is 9.15 Å². The summed E-state index contributed by atoms with van der Waals surface area (Å²) in [6, 6.07) is 4.96. The van der Waals surface area contributed by atoms with Gasteiger partial charge in [-0.2, -0.15) is 0 Å². The number of aryl methyl sites for hydroxylation is 1. The van der Waals surface area contributed by atoms with Crippen molar-refractivity contribution < 1.29 is 18.7 Å². The maximum absolute atomic E-state index is 12.4. The number of ether oxygens (including phenoxy) is 1. The van der Waals surface area contributed by atoms with Crippen molar-refractivity contribution in [3.8, 4) is 0 Å². The predicted octanol–water partition coefficient (Wildman–Crippen LogP) is 3.17. The van der Waals surface area contributed by atoms with E-state index in [2.05, 4.69) is 15.3 Å². The normalized spacial score (nSPS) is 12.1. The van der Waals surface area contributed by atoms with E-state index in [9.17, 15) is 9.59 Å². The Morgan fingerprint density at radius 1 is 1.42 bits per heavy atom. The number of carbonyl (C=O) groups is 2. The highest BCUT2D eigenvalue weighted by molar-refractivity contribution is 7.13. The van der Waals surface area contributed by atoms with E-state index in [1.54, 1.807) is 25.1 Å². The molecule has 0 aliphatic heterocycles. The van der Waals surface area contributed by atoms with Crippen LogP contribution in [0.3, 0.4) is 0 Å². The van der Waals surface area contributed by atoms with Crippen LogP contribution in [0.5, 0.6) is 0 Å². The van der Waals surface area contributed by atoms with Crippen LogP contribution in [0.4, 0.5) is 5.13 Å². The summed E-state index contributed by atoms with van der Waals surface area (Å²) in [6.07, 6.45) is 0.691. The maximum Gasteiger partial charge on any atom is 0.341 e. The van der Waals surface area contributed by atoms with Crippen molar-refractivity contribution in [3.05, 3.63) is 41.2 Å². The van der Waals surface area contributed by atoms with Crippen molar-refractivity contribution in [2.45, 2.75) is 26.4 Å². The molecule has 2 heterocycles. The van der Waals surface area contributed by atoms with Crippen molar-refractivity contribution in [1.82, 2.24) is 9.97 Å². The summed E-state index contributed by atoms with van der Waals surface area (Å²) in [7, 11) is 0. The highest BCUT2D eigenvalue weighted by atomic mass is 32.1. The van der Waals surface area contributed by atoms with E-state index in [-0.39, 0.29) is 5.56 Å². The lowest BCUT2D eigenvalue weighted by Gasteiger charge is -2.15. The topological polar surface area (TPSA) is 94.3 Å². The lowest BCUT2D eigenvalue weighted by atomic mass is 10.2. The van der Waals surface area contributed by atoms with Crippen LogP contribution in [-0.4, -0.2) is 27.9 Å². The number of hydrogen-bond acceptors (Lipinski definition) is 7. The molecule has 3 aromatic rings. The van der Waals surface area contributed by atoms with Crippen molar-refractivity contribution in [1.29, 1.82) is 0 Å². The maximum atomic E-state index is 12.4. The first kappa shape index (κ1) is 16.1. The Morgan fingerprint density at radius 2 is 2.25 bits per heavy atom. The molecule has 1 N–H and O–H groups in total. The van der Waals surface area contributed by atoms with Gasteiger partial charge in [0.15, 0.2) is 23.2 Å². The highest BCUT2D eigenvalue weighted by Crippen LogP contribution is 2.20. The molecule has 0 aliphatic carbocycles. The smallest absolute Gasteiger partial charge is 0.341 e. The second kappa shape index (κ2) is 6.79. The van der Waals surface area contributed by atoms with E-state index in [0.717, 1.165) is 5.69 Å². The van der Waals surface area contributed by atoms with Crippen molar-refractivity contribution in [2.24, 2.45) is 0 Å². The molecule has 2 aromatic heterocycles.